The van der Waals surface area contributed by atoms with E-state index in [9.17, 15) is 0 Å². The van der Waals surface area contributed by atoms with Crippen LogP contribution in [0.5, 0.6) is 0 Å². The maximum Gasteiger partial charge on any atom is 0.164 e. The van der Waals surface area contributed by atoms with Gasteiger partial charge < -0.3 is 4.42 Å². The van der Waals surface area contributed by atoms with E-state index in [-0.39, 0.29) is 0 Å². The highest BCUT2D eigenvalue weighted by atomic mass is 16.3. The maximum absolute atomic E-state index is 6.23. The molecule has 0 unspecified atom stereocenters. The maximum atomic E-state index is 6.23. The molecule has 0 atom stereocenters. The van der Waals surface area contributed by atoms with Crippen molar-refractivity contribution in [2.24, 2.45) is 0 Å². The van der Waals surface area contributed by atoms with Crippen LogP contribution >= 0.6 is 0 Å². The molecular weight excluding hydrogens is 755 g/mol. The van der Waals surface area contributed by atoms with Crippen molar-refractivity contribution in [3.05, 3.63) is 235 Å². The van der Waals surface area contributed by atoms with Crippen LogP contribution in [0.3, 0.4) is 0 Å². The molecule has 0 radical (unpaired) electrons. The lowest BCUT2D eigenvalue weighted by Crippen LogP contribution is -2.29. The Hall–Kier alpha value is -8.21. The average molecular weight is 790 g/mol. The number of fused-ring (bicyclic) bond motifs is 15. The van der Waals surface area contributed by atoms with E-state index in [0.717, 1.165) is 55.3 Å². The molecule has 0 saturated heterocycles. The highest BCUT2D eigenvalue weighted by Crippen LogP contribution is 2.61. The van der Waals surface area contributed by atoms with Crippen LogP contribution in [0.4, 0.5) is 0 Å². The summed E-state index contributed by atoms with van der Waals surface area (Å²) in [7, 11) is 0. The van der Waals surface area contributed by atoms with Gasteiger partial charge in [-0.05, 0) is 103 Å². The van der Waals surface area contributed by atoms with Gasteiger partial charge >= 0.3 is 0 Å². The summed E-state index contributed by atoms with van der Waals surface area (Å²) in [5.41, 5.74) is 18.5. The summed E-state index contributed by atoms with van der Waals surface area (Å²) in [5.74, 6) is 1.81. The molecule has 4 nitrogen and oxygen atoms in total. The Balaban J connectivity index is 1.07. The molecule has 62 heavy (non-hydrogen) atoms. The van der Waals surface area contributed by atoms with Gasteiger partial charge in [-0.3, -0.25) is 0 Å². The molecular formula is C58H35N3O. The van der Waals surface area contributed by atoms with Crippen molar-refractivity contribution in [1.29, 1.82) is 0 Å². The van der Waals surface area contributed by atoms with E-state index in [4.69, 9.17) is 19.4 Å². The highest BCUT2D eigenvalue weighted by Gasteiger charge is 2.49. The summed E-state index contributed by atoms with van der Waals surface area (Å²) in [5, 5.41) is 2.08. The first-order chi connectivity index (χ1) is 30.7. The molecule has 0 amide bonds. The topological polar surface area (TPSA) is 51.8 Å². The Kier molecular flexibility index (Phi) is 7.49. The number of furan rings is 1. The molecule has 1 spiro atoms. The van der Waals surface area contributed by atoms with Crippen molar-refractivity contribution in [2.45, 2.75) is 5.41 Å². The molecule has 9 aromatic carbocycles. The minimum Gasteiger partial charge on any atom is -0.456 e. The molecule has 288 valence electrons. The third kappa shape index (κ3) is 5.04. The fourth-order valence-electron chi connectivity index (χ4n) is 10.3. The summed E-state index contributed by atoms with van der Waals surface area (Å²) >= 11 is 0. The quantitative estimate of drug-likeness (QED) is 0.178. The molecule has 2 aliphatic carbocycles. The summed E-state index contributed by atoms with van der Waals surface area (Å²) in [4.78, 5) is 15.9. The molecule has 0 N–H and O–H groups in total. The van der Waals surface area contributed by atoms with Crippen LogP contribution in [-0.2, 0) is 5.41 Å². The SMILES string of the molecule is c1ccc(-c2cccc(-c3nc(-c4ccc5c(c4)-c4ccccc4-c4ccccc4C54c5ccccc5-c5ccccc54)nc(-c4ccc5oc6ccccc6c5c4)n3)c2)cc1. The first-order valence-corrected chi connectivity index (χ1v) is 21.1. The molecule has 0 saturated carbocycles. The summed E-state index contributed by atoms with van der Waals surface area (Å²) in [6.07, 6.45) is 0. The first kappa shape index (κ1) is 34.6. The second-order valence-corrected chi connectivity index (χ2v) is 16.3. The molecule has 0 aliphatic heterocycles. The van der Waals surface area contributed by atoms with Crippen LogP contribution in [0.2, 0.25) is 0 Å². The van der Waals surface area contributed by atoms with Crippen molar-refractivity contribution in [3.8, 4) is 78.7 Å². The van der Waals surface area contributed by atoms with Gasteiger partial charge in [-0.25, -0.2) is 15.0 Å². The molecule has 2 aliphatic rings. The number of nitrogens with zero attached hydrogens (tertiary/aromatic N) is 3. The lowest BCUT2D eigenvalue weighted by atomic mass is 9.66. The van der Waals surface area contributed by atoms with Crippen LogP contribution in [0.25, 0.3) is 101 Å². The zero-order chi connectivity index (χ0) is 40.8. The van der Waals surface area contributed by atoms with Crippen LogP contribution in [0, 0.1) is 0 Å². The molecule has 4 heteroatoms. The van der Waals surface area contributed by atoms with Crippen LogP contribution in [-0.4, -0.2) is 15.0 Å². The standard InChI is InChI=1S/C58H35N3O/c1-2-15-36(16-3-1)37-17-14-18-38(33-37)55-59-56(61-57(60-55)40-30-32-54-48(35-40)46-24-9-13-28-53(46)62-54)39-29-31-52-47(34-39)42-20-5-4-19-41(42)43-21-6-10-25-49(43)58(52)50-26-11-7-22-44(50)45-23-8-12-27-51(45)58/h1-35H. The van der Waals surface area contributed by atoms with Crippen molar-refractivity contribution in [1.82, 2.24) is 15.0 Å². The van der Waals surface area contributed by atoms with Crippen molar-refractivity contribution in [2.75, 3.05) is 0 Å². The van der Waals surface area contributed by atoms with Gasteiger partial charge in [0.15, 0.2) is 17.5 Å². The first-order valence-electron chi connectivity index (χ1n) is 21.1. The number of aromatic nitrogens is 3. The van der Waals surface area contributed by atoms with E-state index >= 15 is 0 Å². The molecule has 2 heterocycles. The van der Waals surface area contributed by atoms with E-state index in [1.54, 1.807) is 0 Å². The summed E-state index contributed by atoms with van der Waals surface area (Å²) in [6.45, 7) is 0. The fourth-order valence-corrected chi connectivity index (χ4v) is 10.3. The van der Waals surface area contributed by atoms with E-state index in [2.05, 4.69) is 182 Å². The normalized spacial score (nSPS) is 13.0. The minimum atomic E-state index is -0.563. The zero-order valence-electron chi connectivity index (χ0n) is 33.5. The Morgan fingerprint density at radius 1 is 0.274 bits per heavy atom. The van der Waals surface area contributed by atoms with E-state index in [1.165, 1.54) is 50.1 Å². The van der Waals surface area contributed by atoms with Crippen molar-refractivity contribution < 1.29 is 4.42 Å². The van der Waals surface area contributed by atoms with Crippen LogP contribution in [0.1, 0.15) is 22.3 Å². The summed E-state index contributed by atoms with van der Waals surface area (Å²) < 4.78 is 6.23. The Bertz CT molecular complexity index is 3560. The van der Waals surface area contributed by atoms with Gasteiger partial charge in [0.25, 0.3) is 0 Å². The van der Waals surface area contributed by atoms with Crippen molar-refractivity contribution in [3.63, 3.8) is 0 Å². The lowest BCUT2D eigenvalue weighted by molar-refractivity contribution is 0.669. The van der Waals surface area contributed by atoms with Gasteiger partial charge in [-0.15, -0.1) is 0 Å². The zero-order valence-corrected chi connectivity index (χ0v) is 33.5. The number of benzene rings is 9. The second kappa shape index (κ2) is 13.4. The molecule has 0 bridgehead atoms. The second-order valence-electron chi connectivity index (χ2n) is 16.3. The van der Waals surface area contributed by atoms with Gasteiger partial charge in [0, 0.05) is 27.5 Å². The van der Waals surface area contributed by atoms with Gasteiger partial charge in [0.2, 0.25) is 0 Å². The highest BCUT2D eigenvalue weighted by molar-refractivity contribution is 6.06. The predicted molar refractivity (Wildman–Crippen MR) is 251 cm³/mol. The Labute approximate surface area is 358 Å². The third-order valence-electron chi connectivity index (χ3n) is 13.0. The third-order valence-corrected chi connectivity index (χ3v) is 13.0. The van der Waals surface area contributed by atoms with E-state index < -0.39 is 5.41 Å². The predicted octanol–water partition coefficient (Wildman–Crippen LogP) is 14.4. The number of rotatable bonds is 4. The molecule has 2 aromatic heterocycles. The molecule has 13 rings (SSSR count). The fraction of sp³-hybridized carbons (Fsp3) is 0.0172. The van der Waals surface area contributed by atoms with E-state index in [1.807, 2.05) is 30.3 Å². The Morgan fingerprint density at radius 2 is 0.726 bits per heavy atom. The smallest absolute Gasteiger partial charge is 0.164 e. The van der Waals surface area contributed by atoms with Crippen LogP contribution < -0.4 is 0 Å². The molecule has 0 fully saturated rings. The lowest BCUT2D eigenvalue weighted by Gasteiger charge is -2.35. The minimum absolute atomic E-state index is 0.563. The monoisotopic (exact) mass is 789 g/mol. The van der Waals surface area contributed by atoms with Crippen molar-refractivity contribution >= 4 is 21.9 Å². The van der Waals surface area contributed by atoms with Gasteiger partial charge in [0.1, 0.15) is 11.2 Å². The largest absolute Gasteiger partial charge is 0.456 e. The van der Waals surface area contributed by atoms with E-state index in [0.29, 0.717) is 17.5 Å². The Morgan fingerprint density at radius 3 is 1.40 bits per heavy atom. The average Bonchev–Trinajstić information content (AvgIpc) is 3.84. The number of hydrogen-bond donors (Lipinski definition) is 0. The van der Waals surface area contributed by atoms with Gasteiger partial charge in [-0.2, -0.15) is 0 Å². The number of hydrogen-bond acceptors (Lipinski definition) is 4. The van der Waals surface area contributed by atoms with Gasteiger partial charge in [-0.1, -0.05) is 176 Å². The van der Waals surface area contributed by atoms with Crippen LogP contribution in [0.15, 0.2) is 217 Å². The summed E-state index contributed by atoms with van der Waals surface area (Å²) in [6, 6.07) is 75.9. The molecule has 11 aromatic rings. The van der Waals surface area contributed by atoms with Gasteiger partial charge in [0.05, 0.1) is 5.41 Å². The number of para-hydroxylation sites is 1.